The van der Waals surface area contributed by atoms with Gasteiger partial charge >= 0.3 is 0 Å². The molecule has 1 nitrogen and oxygen atoms in total. The Morgan fingerprint density at radius 3 is 1.68 bits per heavy atom. The van der Waals surface area contributed by atoms with Crippen LogP contribution in [0.15, 0.2) is 121 Å². The average Bonchev–Trinajstić information content (AvgIpc) is 3.28. The summed E-state index contributed by atoms with van der Waals surface area (Å²) in [6.45, 7) is 0. The van der Waals surface area contributed by atoms with Gasteiger partial charge in [-0.15, -0.1) is 0 Å². The SMILES string of the molecule is Cn1c2cc3ccccc3c-2cc2c(-c3ccccc3)c3ccccc3c(-c3ccccc3)c21. The van der Waals surface area contributed by atoms with Gasteiger partial charge < -0.3 is 4.57 Å². The maximum absolute atomic E-state index is 2.42. The molecule has 0 saturated carbocycles. The summed E-state index contributed by atoms with van der Waals surface area (Å²) in [4.78, 5) is 0. The van der Waals surface area contributed by atoms with Gasteiger partial charge in [-0.1, -0.05) is 109 Å². The third-order valence-corrected chi connectivity index (χ3v) is 7.16. The molecule has 0 aromatic heterocycles. The third-order valence-electron chi connectivity index (χ3n) is 7.16. The van der Waals surface area contributed by atoms with Crippen LogP contribution in [0.4, 0.5) is 0 Å². The average molecular weight is 434 g/mol. The lowest BCUT2D eigenvalue weighted by molar-refractivity contribution is 0.969. The molecule has 1 aliphatic heterocycles. The molecule has 7 rings (SSSR count). The van der Waals surface area contributed by atoms with E-state index in [2.05, 4.69) is 133 Å². The number of fused-ring (bicyclic) bond motifs is 5. The van der Waals surface area contributed by atoms with Crippen molar-refractivity contribution in [2.45, 2.75) is 0 Å². The van der Waals surface area contributed by atoms with Crippen LogP contribution in [-0.2, 0) is 7.05 Å². The highest BCUT2D eigenvalue weighted by Gasteiger charge is 2.22. The van der Waals surface area contributed by atoms with Gasteiger partial charge in [-0.3, -0.25) is 0 Å². The van der Waals surface area contributed by atoms with Crippen LogP contribution in [0.2, 0.25) is 0 Å². The van der Waals surface area contributed by atoms with Gasteiger partial charge in [0, 0.05) is 29.3 Å². The molecule has 2 aliphatic rings. The first-order valence-electron chi connectivity index (χ1n) is 11.8. The van der Waals surface area contributed by atoms with Crippen LogP contribution >= 0.6 is 0 Å². The zero-order valence-corrected chi connectivity index (χ0v) is 19.0. The van der Waals surface area contributed by atoms with Gasteiger partial charge in [-0.25, -0.2) is 0 Å². The Bertz CT molecular complexity index is 1790. The molecule has 1 heterocycles. The molecule has 0 fully saturated rings. The van der Waals surface area contributed by atoms with E-state index in [1.54, 1.807) is 0 Å². The van der Waals surface area contributed by atoms with Crippen molar-refractivity contribution >= 4 is 32.4 Å². The molecule has 34 heavy (non-hydrogen) atoms. The van der Waals surface area contributed by atoms with Crippen LogP contribution in [0, 0.1) is 0 Å². The second kappa shape index (κ2) is 7.33. The molecule has 1 aliphatic carbocycles. The van der Waals surface area contributed by atoms with Crippen molar-refractivity contribution < 1.29 is 0 Å². The van der Waals surface area contributed by atoms with Crippen LogP contribution in [0.1, 0.15) is 0 Å². The zero-order chi connectivity index (χ0) is 22.6. The van der Waals surface area contributed by atoms with Crippen LogP contribution in [-0.4, -0.2) is 4.57 Å². The number of hydrogen-bond donors (Lipinski definition) is 0. The molecule has 5 aromatic rings. The molecule has 5 aromatic carbocycles. The highest BCUT2D eigenvalue weighted by Crippen LogP contribution is 2.47. The van der Waals surface area contributed by atoms with E-state index in [1.165, 1.54) is 66.0 Å². The number of nitrogens with zero attached hydrogens (tertiary/aromatic N) is 1. The van der Waals surface area contributed by atoms with Crippen molar-refractivity contribution in [3.63, 3.8) is 0 Å². The minimum Gasteiger partial charge on any atom is -0.343 e. The minimum absolute atomic E-state index is 1.24. The van der Waals surface area contributed by atoms with Crippen molar-refractivity contribution in [3.8, 4) is 33.5 Å². The summed E-state index contributed by atoms with van der Waals surface area (Å²) in [5.41, 5.74) is 8.92. The fourth-order valence-corrected chi connectivity index (χ4v) is 5.67. The van der Waals surface area contributed by atoms with Crippen molar-refractivity contribution in [1.82, 2.24) is 4.57 Å². The largest absolute Gasteiger partial charge is 0.343 e. The van der Waals surface area contributed by atoms with Crippen molar-refractivity contribution in [2.24, 2.45) is 7.05 Å². The maximum atomic E-state index is 2.42. The summed E-state index contributed by atoms with van der Waals surface area (Å²) in [6.07, 6.45) is 0. The molecule has 0 saturated heterocycles. The van der Waals surface area contributed by atoms with E-state index in [1.807, 2.05) is 0 Å². The molecule has 160 valence electrons. The lowest BCUT2D eigenvalue weighted by Gasteiger charge is -2.22. The van der Waals surface area contributed by atoms with Crippen LogP contribution < -0.4 is 0 Å². The van der Waals surface area contributed by atoms with Crippen molar-refractivity contribution in [3.05, 3.63) is 121 Å². The molecule has 0 bridgehead atoms. The Morgan fingerprint density at radius 1 is 0.471 bits per heavy atom. The molecule has 0 N–H and O–H groups in total. The predicted molar refractivity (Wildman–Crippen MR) is 145 cm³/mol. The molecular formula is C33H23N. The minimum atomic E-state index is 1.24. The lowest BCUT2D eigenvalue weighted by atomic mass is 9.87. The fraction of sp³-hybridized carbons (Fsp3) is 0.0303. The summed E-state index contributed by atoms with van der Waals surface area (Å²) in [5.74, 6) is 0. The Balaban J connectivity index is 1.80. The fourth-order valence-electron chi connectivity index (χ4n) is 5.67. The number of aromatic nitrogens is 1. The van der Waals surface area contributed by atoms with Gasteiger partial charge in [0.25, 0.3) is 0 Å². The predicted octanol–water partition coefficient (Wildman–Crippen LogP) is 8.92. The number of rotatable bonds is 2. The highest BCUT2D eigenvalue weighted by atomic mass is 14.9. The lowest BCUT2D eigenvalue weighted by Crippen LogP contribution is -2.02. The van der Waals surface area contributed by atoms with E-state index >= 15 is 0 Å². The smallest absolute Gasteiger partial charge is 0.0574 e. The van der Waals surface area contributed by atoms with Gasteiger partial charge in [-0.2, -0.15) is 0 Å². The first kappa shape index (κ1) is 19.1. The first-order valence-corrected chi connectivity index (χ1v) is 11.8. The van der Waals surface area contributed by atoms with E-state index in [-0.39, 0.29) is 0 Å². The van der Waals surface area contributed by atoms with Crippen LogP contribution in [0.5, 0.6) is 0 Å². The third kappa shape index (κ3) is 2.67. The summed E-state index contributed by atoms with van der Waals surface area (Å²) < 4.78 is 2.41. The summed E-state index contributed by atoms with van der Waals surface area (Å²) in [6, 6.07) is 44.0. The Morgan fingerprint density at radius 2 is 1.00 bits per heavy atom. The topological polar surface area (TPSA) is 4.93 Å². The monoisotopic (exact) mass is 433 g/mol. The number of benzene rings is 5. The van der Waals surface area contributed by atoms with Gasteiger partial charge in [0.15, 0.2) is 0 Å². The first-order chi connectivity index (χ1) is 16.8. The summed E-state index contributed by atoms with van der Waals surface area (Å²) >= 11 is 0. The molecular weight excluding hydrogens is 410 g/mol. The zero-order valence-electron chi connectivity index (χ0n) is 19.0. The quantitative estimate of drug-likeness (QED) is 0.240. The van der Waals surface area contributed by atoms with Gasteiger partial charge in [-0.05, 0) is 50.4 Å². The Kier molecular flexibility index (Phi) is 4.13. The molecule has 0 radical (unpaired) electrons. The van der Waals surface area contributed by atoms with Crippen molar-refractivity contribution in [1.29, 1.82) is 0 Å². The second-order valence-corrected chi connectivity index (χ2v) is 9.02. The molecule has 1 heteroatoms. The molecule has 0 unspecified atom stereocenters. The van der Waals surface area contributed by atoms with Gasteiger partial charge in [0.1, 0.15) is 0 Å². The second-order valence-electron chi connectivity index (χ2n) is 9.02. The number of pyridine rings is 1. The van der Waals surface area contributed by atoms with E-state index in [9.17, 15) is 0 Å². The Hall–Kier alpha value is -4.36. The van der Waals surface area contributed by atoms with Crippen molar-refractivity contribution in [2.75, 3.05) is 0 Å². The highest BCUT2D eigenvalue weighted by molar-refractivity contribution is 6.22. The van der Waals surface area contributed by atoms with E-state index in [0.29, 0.717) is 0 Å². The van der Waals surface area contributed by atoms with E-state index in [4.69, 9.17) is 0 Å². The van der Waals surface area contributed by atoms with Gasteiger partial charge in [0.05, 0.1) is 5.52 Å². The van der Waals surface area contributed by atoms with E-state index in [0.717, 1.165) is 0 Å². The van der Waals surface area contributed by atoms with E-state index < -0.39 is 0 Å². The van der Waals surface area contributed by atoms with Crippen LogP contribution in [0.25, 0.3) is 66.0 Å². The maximum Gasteiger partial charge on any atom is 0.0574 e. The summed E-state index contributed by atoms with van der Waals surface area (Å²) in [7, 11) is 2.22. The van der Waals surface area contributed by atoms with Crippen LogP contribution in [0.3, 0.4) is 0 Å². The normalized spacial score (nSPS) is 11.7. The van der Waals surface area contributed by atoms with Gasteiger partial charge in [0.2, 0.25) is 0 Å². The molecule has 0 amide bonds. The summed E-state index contributed by atoms with van der Waals surface area (Å²) in [5, 5.41) is 6.45. The number of aryl methyl sites for hydroxylation is 1. The molecule has 0 spiro atoms. The standard InChI is InChI=1S/C33H23N/c1-34-30-20-24-16-8-9-17-25(24)28(30)21-29-31(22-12-4-2-5-13-22)26-18-10-11-19-27(26)32(33(29)34)23-14-6-3-7-15-23/h2-21H,1H3. The number of hydrogen-bond acceptors (Lipinski definition) is 0. The Labute approximate surface area is 198 Å². The molecule has 0 atom stereocenters.